The molecular weight excluding hydrogens is 318 g/mol. The quantitative estimate of drug-likeness (QED) is 0.903. The molecule has 0 bridgehead atoms. The van der Waals surface area contributed by atoms with E-state index in [0.29, 0.717) is 21.2 Å². The fourth-order valence-electron chi connectivity index (χ4n) is 1.69. The van der Waals surface area contributed by atoms with Gasteiger partial charge in [-0.1, -0.05) is 17.7 Å². The topological polar surface area (TPSA) is 66.4 Å². The maximum absolute atomic E-state index is 12.3. The van der Waals surface area contributed by atoms with E-state index in [2.05, 4.69) is 4.72 Å². The second kappa shape index (κ2) is 5.73. The Bertz CT molecular complexity index is 738. The third-order valence-electron chi connectivity index (χ3n) is 2.92. The van der Waals surface area contributed by atoms with Gasteiger partial charge in [0.2, 0.25) is 0 Å². The summed E-state index contributed by atoms with van der Waals surface area (Å²) < 4.78 is 27.3. The van der Waals surface area contributed by atoms with Gasteiger partial charge in [-0.25, -0.2) is 8.42 Å². The number of halogens is 1. The van der Waals surface area contributed by atoms with Gasteiger partial charge < -0.3 is 5.11 Å². The highest BCUT2D eigenvalue weighted by molar-refractivity contribution is 7.94. The number of aliphatic hydroxyl groups excluding tert-OH is 1. The number of anilines is 1. The fraction of sp³-hybridized carbons (Fsp3) is 0.231. The zero-order valence-electron chi connectivity index (χ0n) is 11.0. The minimum Gasteiger partial charge on any atom is -0.391 e. The molecule has 2 aromatic rings. The van der Waals surface area contributed by atoms with Crippen molar-refractivity contribution in [3.05, 3.63) is 45.3 Å². The van der Waals surface area contributed by atoms with E-state index in [4.69, 9.17) is 16.7 Å². The molecule has 1 heterocycles. The highest BCUT2D eigenvalue weighted by Gasteiger charge is 2.19. The van der Waals surface area contributed by atoms with Gasteiger partial charge in [-0.2, -0.15) is 0 Å². The first kappa shape index (κ1) is 15.3. The van der Waals surface area contributed by atoms with Gasteiger partial charge in [-0.3, -0.25) is 4.72 Å². The Kier molecular flexibility index (Phi) is 4.39. The monoisotopic (exact) mass is 331 g/mol. The molecule has 0 fully saturated rings. The van der Waals surface area contributed by atoms with Crippen molar-refractivity contribution >= 4 is 38.6 Å². The number of hydrogen-bond donors (Lipinski definition) is 2. The van der Waals surface area contributed by atoms with Crippen molar-refractivity contribution in [1.82, 2.24) is 0 Å². The summed E-state index contributed by atoms with van der Waals surface area (Å²) in [4.78, 5) is 0.646. The average molecular weight is 332 g/mol. The van der Waals surface area contributed by atoms with Crippen molar-refractivity contribution in [1.29, 1.82) is 0 Å². The van der Waals surface area contributed by atoms with E-state index in [1.807, 2.05) is 0 Å². The van der Waals surface area contributed by atoms with Crippen LogP contribution in [-0.2, 0) is 16.6 Å². The van der Waals surface area contributed by atoms with Crippen LogP contribution < -0.4 is 4.72 Å². The van der Waals surface area contributed by atoms with E-state index in [0.717, 1.165) is 16.9 Å². The van der Waals surface area contributed by atoms with Crippen LogP contribution >= 0.6 is 22.9 Å². The number of benzene rings is 1. The Morgan fingerprint density at radius 3 is 2.65 bits per heavy atom. The summed E-state index contributed by atoms with van der Waals surface area (Å²) in [5.41, 5.74) is 1.89. The molecule has 0 amide bonds. The average Bonchev–Trinajstić information content (AvgIpc) is 2.77. The third kappa shape index (κ3) is 2.98. The van der Waals surface area contributed by atoms with Crippen molar-refractivity contribution in [2.24, 2.45) is 0 Å². The third-order valence-corrected chi connectivity index (χ3v) is 6.39. The summed E-state index contributed by atoms with van der Waals surface area (Å²) in [6.45, 7) is 3.35. The van der Waals surface area contributed by atoms with Gasteiger partial charge in [0.25, 0.3) is 10.0 Å². The number of sulfonamides is 1. The Hall–Kier alpha value is -1.08. The molecule has 20 heavy (non-hydrogen) atoms. The molecular formula is C13H14ClNO3S2. The highest BCUT2D eigenvalue weighted by Crippen LogP contribution is 2.30. The summed E-state index contributed by atoms with van der Waals surface area (Å²) in [6, 6.07) is 6.60. The van der Waals surface area contributed by atoms with E-state index in [1.54, 1.807) is 38.1 Å². The van der Waals surface area contributed by atoms with E-state index < -0.39 is 10.0 Å². The summed E-state index contributed by atoms with van der Waals surface area (Å²) in [5, 5.41) is 9.65. The SMILES string of the molecule is Cc1cc(S(=O)(=O)Nc2cccc(Cl)c2C)sc1CO. The molecule has 2 rings (SSSR count). The van der Waals surface area contributed by atoms with Gasteiger partial charge in [0.1, 0.15) is 4.21 Å². The molecule has 2 N–H and O–H groups in total. The van der Waals surface area contributed by atoms with Gasteiger partial charge in [0.15, 0.2) is 0 Å². The largest absolute Gasteiger partial charge is 0.391 e. The van der Waals surface area contributed by atoms with Crippen LogP contribution in [0.3, 0.4) is 0 Å². The number of nitrogens with one attached hydrogen (secondary N) is 1. The predicted molar refractivity (Wildman–Crippen MR) is 82.0 cm³/mol. The minimum absolute atomic E-state index is 0.164. The van der Waals surface area contributed by atoms with Crippen molar-refractivity contribution < 1.29 is 13.5 Å². The van der Waals surface area contributed by atoms with Crippen LogP contribution in [0, 0.1) is 13.8 Å². The van der Waals surface area contributed by atoms with Gasteiger partial charge in [-0.05, 0) is 43.2 Å². The van der Waals surface area contributed by atoms with Gasteiger partial charge >= 0.3 is 0 Å². The van der Waals surface area contributed by atoms with Gasteiger partial charge in [0.05, 0.1) is 12.3 Å². The lowest BCUT2D eigenvalue weighted by Crippen LogP contribution is -2.12. The van der Waals surface area contributed by atoms with E-state index in [1.165, 1.54) is 0 Å². The molecule has 0 unspecified atom stereocenters. The smallest absolute Gasteiger partial charge is 0.271 e. The highest BCUT2D eigenvalue weighted by atomic mass is 35.5. The van der Waals surface area contributed by atoms with Crippen LogP contribution in [0.4, 0.5) is 5.69 Å². The molecule has 4 nitrogen and oxygen atoms in total. The molecule has 1 aromatic heterocycles. The Morgan fingerprint density at radius 2 is 2.05 bits per heavy atom. The summed E-state index contributed by atoms with van der Waals surface area (Å²) in [6.07, 6.45) is 0. The summed E-state index contributed by atoms with van der Waals surface area (Å²) in [7, 11) is -3.67. The second-order valence-corrected chi connectivity index (χ2v) is 7.80. The first-order chi connectivity index (χ1) is 9.35. The van der Waals surface area contributed by atoms with Crippen LogP contribution in [0.5, 0.6) is 0 Å². The molecule has 0 aliphatic rings. The standard InChI is InChI=1S/C13H14ClNO3S2/c1-8-6-13(19-12(8)7-16)20(17,18)15-11-5-3-4-10(14)9(11)2/h3-6,15-16H,7H2,1-2H3. The molecule has 0 atom stereocenters. The first-order valence-corrected chi connectivity index (χ1v) is 8.51. The zero-order chi connectivity index (χ0) is 14.9. The van der Waals surface area contributed by atoms with Crippen LogP contribution in [0.25, 0.3) is 0 Å². The molecule has 7 heteroatoms. The molecule has 0 spiro atoms. The maximum atomic E-state index is 12.3. The summed E-state index contributed by atoms with van der Waals surface area (Å²) >= 11 is 7.04. The second-order valence-electron chi connectivity index (χ2n) is 4.35. The number of thiophene rings is 1. The number of aryl methyl sites for hydroxylation is 1. The lowest BCUT2D eigenvalue weighted by molar-refractivity contribution is 0.285. The lowest BCUT2D eigenvalue weighted by Gasteiger charge is -2.10. The molecule has 0 saturated carbocycles. The predicted octanol–water partition coefficient (Wildman–Crippen LogP) is 3.31. The maximum Gasteiger partial charge on any atom is 0.271 e. The van der Waals surface area contributed by atoms with Crippen molar-refractivity contribution in [3.63, 3.8) is 0 Å². The normalized spacial score (nSPS) is 11.6. The number of rotatable bonds is 4. The van der Waals surface area contributed by atoms with E-state index in [9.17, 15) is 8.42 Å². The Balaban J connectivity index is 2.38. The van der Waals surface area contributed by atoms with Crippen LogP contribution in [0.2, 0.25) is 5.02 Å². The van der Waals surface area contributed by atoms with Crippen LogP contribution in [0.15, 0.2) is 28.5 Å². The Labute approximate surface area is 127 Å². The van der Waals surface area contributed by atoms with Crippen LogP contribution in [0.1, 0.15) is 16.0 Å². The van der Waals surface area contributed by atoms with Crippen molar-refractivity contribution in [2.45, 2.75) is 24.7 Å². The van der Waals surface area contributed by atoms with Gasteiger partial charge in [0, 0.05) is 9.90 Å². The number of hydrogen-bond acceptors (Lipinski definition) is 4. The molecule has 108 valence electrons. The van der Waals surface area contributed by atoms with Gasteiger partial charge in [-0.15, -0.1) is 11.3 Å². The van der Waals surface area contributed by atoms with Crippen molar-refractivity contribution in [2.75, 3.05) is 4.72 Å². The van der Waals surface area contributed by atoms with E-state index in [-0.39, 0.29) is 10.8 Å². The zero-order valence-corrected chi connectivity index (χ0v) is 13.4. The summed E-state index contributed by atoms with van der Waals surface area (Å²) in [5.74, 6) is 0. The minimum atomic E-state index is -3.67. The van der Waals surface area contributed by atoms with E-state index >= 15 is 0 Å². The molecule has 0 saturated heterocycles. The van der Waals surface area contributed by atoms with Crippen molar-refractivity contribution in [3.8, 4) is 0 Å². The lowest BCUT2D eigenvalue weighted by atomic mass is 10.2. The fourth-order valence-corrected chi connectivity index (χ4v) is 4.44. The molecule has 0 radical (unpaired) electrons. The molecule has 0 aliphatic carbocycles. The van der Waals surface area contributed by atoms with Crippen LogP contribution in [-0.4, -0.2) is 13.5 Å². The molecule has 0 aliphatic heterocycles. The Morgan fingerprint density at radius 1 is 1.35 bits per heavy atom. The number of aliphatic hydroxyl groups is 1. The molecule has 1 aromatic carbocycles. The first-order valence-electron chi connectivity index (χ1n) is 5.83.